The van der Waals surface area contributed by atoms with Crippen LogP contribution in [0.15, 0.2) is 0 Å². The van der Waals surface area contributed by atoms with Gasteiger partial charge in [0.05, 0.1) is 6.54 Å². The minimum absolute atomic E-state index is 0.0614. The van der Waals surface area contributed by atoms with Crippen LogP contribution in [0.2, 0.25) is 0 Å². The number of nitrogens with one attached hydrogen (secondary N) is 1. The number of hydrogen-bond donors (Lipinski definition) is 2. The second kappa shape index (κ2) is 7.11. The van der Waals surface area contributed by atoms with Gasteiger partial charge in [0.15, 0.2) is 0 Å². The lowest BCUT2D eigenvalue weighted by Gasteiger charge is -2.32. The predicted molar refractivity (Wildman–Crippen MR) is 71.4 cm³/mol. The van der Waals surface area contributed by atoms with Crippen LogP contribution in [-0.2, 0) is 9.59 Å². The maximum atomic E-state index is 12.0. The molecule has 1 heterocycles. The van der Waals surface area contributed by atoms with Gasteiger partial charge in [0, 0.05) is 25.4 Å². The van der Waals surface area contributed by atoms with E-state index >= 15 is 0 Å². The number of hydrogen-bond acceptors (Lipinski definition) is 3. The van der Waals surface area contributed by atoms with E-state index in [1.54, 1.807) is 4.90 Å². The summed E-state index contributed by atoms with van der Waals surface area (Å²) in [5, 5.41) is 2.28. The van der Waals surface area contributed by atoms with Gasteiger partial charge < -0.3 is 16.0 Å². The maximum Gasteiger partial charge on any atom is 0.312 e. The first-order valence-electron chi connectivity index (χ1n) is 6.74. The number of rotatable bonds is 5. The van der Waals surface area contributed by atoms with Crippen molar-refractivity contribution in [2.75, 3.05) is 19.6 Å². The smallest absolute Gasteiger partial charge is 0.312 e. The van der Waals surface area contributed by atoms with Crippen LogP contribution in [0.3, 0.4) is 0 Å². The number of amides is 3. The molecule has 19 heavy (non-hydrogen) atoms. The van der Waals surface area contributed by atoms with E-state index in [1.807, 2.05) is 13.8 Å². The van der Waals surface area contributed by atoms with E-state index in [-0.39, 0.29) is 24.2 Å². The first kappa shape index (κ1) is 15.5. The van der Waals surface area contributed by atoms with Crippen molar-refractivity contribution >= 4 is 17.7 Å². The molecular formula is C13H23N3O3. The minimum atomic E-state index is -0.710. The highest BCUT2D eigenvalue weighted by Crippen LogP contribution is 2.20. The first-order valence-corrected chi connectivity index (χ1v) is 6.74. The molecule has 0 unspecified atom stereocenters. The molecule has 0 aliphatic carbocycles. The van der Waals surface area contributed by atoms with Gasteiger partial charge in [-0.25, -0.2) is 4.79 Å². The number of carbonyl (C=O) groups is 3. The third-order valence-electron chi connectivity index (χ3n) is 3.25. The number of nitrogens with zero attached hydrogens (tertiary/aromatic N) is 1. The molecule has 3 N–H and O–H groups in total. The maximum absolute atomic E-state index is 12.0. The largest absolute Gasteiger partial charge is 0.352 e. The fourth-order valence-electron chi connectivity index (χ4n) is 2.31. The Morgan fingerprint density at radius 1 is 1.37 bits per heavy atom. The summed E-state index contributed by atoms with van der Waals surface area (Å²) in [6, 6.07) is -0.710. The lowest BCUT2D eigenvalue weighted by molar-refractivity contribution is -0.134. The summed E-state index contributed by atoms with van der Waals surface area (Å²) in [5.41, 5.74) is 4.93. The summed E-state index contributed by atoms with van der Waals surface area (Å²) in [4.78, 5) is 36.1. The lowest BCUT2D eigenvalue weighted by Crippen LogP contribution is -2.47. The molecule has 0 spiro atoms. The Labute approximate surface area is 113 Å². The number of nitrogens with two attached hydrogens (primary N) is 1. The van der Waals surface area contributed by atoms with E-state index in [2.05, 4.69) is 5.32 Å². The van der Waals surface area contributed by atoms with E-state index < -0.39 is 6.03 Å². The highest BCUT2D eigenvalue weighted by molar-refractivity contribution is 5.85. The lowest BCUT2D eigenvalue weighted by atomic mass is 9.89. The molecule has 0 aromatic heterocycles. The van der Waals surface area contributed by atoms with E-state index in [4.69, 9.17) is 5.73 Å². The molecule has 108 valence electrons. The molecule has 0 bridgehead atoms. The molecule has 6 nitrogen and oxygen atoms in total. The highest BCUT2D eigenvalue weighted by Gasteiger charge is 2.28. The van der Waals surface area contributed by atoms with Crippen LogP contribution >= 0.6 is 0 Å². The van der Waals surface area contributed by atoms with Gasteiger partial charge in [-0.2, -0.15) is 0 Å². The fraction of sp³-hybridized carbons (Fsp3) is 0.769. The number of carbonyl (C=O) groups excluding carboxylic acids is 3. The predicted octanol–water partition coefficient (Wildman–Crippen LogP) is 0.509. The van der Waals surface area contributed by atoms with Crippen molar-refractivity contribution in [3.63, 3.8) is 0 Å². The third kappa shape index (κ3) is 5.28. The summed E-state index contributed by atoms with van der Waals surface area (Å²) in [5.74, 6) is 0.333. The van der Waals surface area contributed by atoms with Crippen LogP contribution in [0, 0.1) is 11.8 Å². The third-order valence-corrected chi connectivity index (χ3v) is 3.25. The fourth-order valence-corrected chi connectivity index (χ4v) is 2.31. The molecule has 0 radical (unpaired) electrons. The van der Waals surface area contributed by atoms with Crippen molar-refractivity contribution in [1.29, 1.82) is 0 Å². The highest BCUT2D eigenvalue weighted by atomic mass is 16.2. The van der Waals surface area contributed by atoms with Crippen molar-refractivity contribution in [2.45, 2.75) is 33.1 Å². The van der Waals surface area contributed by atoms with Crippen molar-refractivity contribution in [2.24, 2.45) is 17.6 Å². The molecule has 1 aliphatic heterocycles. The molecule has 1 rings (SSSR count). The van der Waals surface area contributed by atoms with Crippen LogP contribution in [0.25, 0.3) is 0 Å². The molecule has 1 atom stereocenters. The normalized spacial score (nSPS) is 19.3. The Morgan fingerprint density at radius 2 is 2.05 bits per heavy atom. The van der Waals surface area contributed by atoms with Crippen LogP contribution in [0.5, 0.6) is 0 Å². The molecule has 0 saturated carbocycles. The quantitative estimate of drug-likeness (QED) is 0.761. The van der Waals surface area contributed by atoms with E-state index in [9.17, 15) is 14.4 Å². The molecule has 6 heteroatoms. The van der Waals surface area contributed by atoms with Crippen molar-refractivity contribution in [3.05, 3.63) is 0 Å². The van der Waals surface area contributed by atoms with Gasteiger partial charge in [-0.15, -0.1) is 0 Å². The van der Waals surface area contributed by atoms with Gasteiger partial charge in [-0.3, -0.25) is 9.59 Å². The van der Waals surface area contributed by atoms with E-state index in [0.29, 0.717) is 25.4 Å². The van der Waals surface area contributed by atoms with Gasteiger partial charge in [-0.05, 0) is 18.8 Å². The van der Waals surface area contributed by atoms with Crippen LogP contribution < -0.4 is 11.1 Å². The Kier molecular flexibility index (Phi) is 5.79. The molecule has 1 aliphatic rings. The number of Topliss-reactive ketones (excluding diaryl/α,β-unsaturated/α-hetero) is 1. The van der Waals surface area contributed by atoms with Crippen LogP contribution in [0.4, 0.5) is 4.79 Å². The van der Waals surface area contributed by atoms with E-state index in [1.165, 1.54) is 0 Å². The standard InChI is InChI=1S/C13H23N3O3/c1-9(2)6-11(17)10-4-3-5-16(8-10)12(18)7-15-13(14)19/h9-10H,3-8H2,1-2H3,(H3,14,15,19)/t10-/m0/s1. The first-order chi connectivity index (χ1) is 8.90. The van der Waals surface area contributed by atoms with Gasteiger partial charge in [-0.1, -0.05) is 13.8 Å². The molecule has 0 aromatic carbocycles. The molecule has 1 fully saturated rings. The second-order valence-electron chi connectivity index (χ2n) is 5.46. The van der Waals surface area contributed by atoms with Gasteiger partial charge in [0.1, 0.15) is 5.78 Å². The zero-order valence-electron chi connectivity index (χ0n) is 11.6. The molecule has 3 amide bonds. The number of ketones is 1. The molecule has 1 saturated heterocycles. The van der Waals surface area contributed by atoms with Gasteiger partial charge >= 0.3 is 6.03 Å². The second-order valence-corrected chi connectivity index (χ2v) is 5.46. The van der Waals surface area contributed by atoms with Gasteiger partial charge in [0.2, 0.25) is 5.91 Å². The monoisotopic (exact) mass is 269 g/mol. The minimum Gasteiger partial charge on any atom is -0.352 e. The Hall–Kier alpha value is -1.59. The average Bonchev–Trinajstić information content (AvgIpc) is 2.35. The summed E-state index contributed by atoms with van der Waals surface area (Å²) < 4.78 is 0. The van der Waals surface area contributed by atoms with Crippen molar-refractivity contribution in [3.8, 4) is 0 Å². The summed E-state index contributed by atoms with van der Waals surface area (Å²) >= 11 is 0. The number of piperidine rings is 1. The van der Waals surface area contributed by atoms with Crippen molar-refractivity contribution < 1.29 is 14.4 Å². The average molecular weight is 269 g/mol. The number of urea groups is 1. The van der Waals surface area contributed by atoms with Crippen LogP contribution in [0.1, 0.15) is 33.1 Å². The summed E-state index contributed by atoms with van der Waals surface area (Å²) in [6.07, 6.45) is 2.24. The molecule has 0 aromatic rings. The number of primary amides is 1. The van der Waals surface area contributed by atoms with E-state index in [0.717, 1.165) is 12.8 Å². The SMILES string of the molecule is CC(C)CC(=O)[C@H]1CCCN(C(=O)CNC(N)=O)C1. The zero-order chi connectivity index (χ0) is 14.4. The Balaban J connectivity index is 2.47. The van der Waals surface area contributed by atoms with Crippen molar-refractivity contribution in [1.82, 2.24) is 10.2 Å². The summed E-state index contributed by atoms with van der Waals surface area (Å²) in [7, 11) is 0. The van der Waals surface area contributed by atoms with Gasteiger partial charge in [0.25, 0.3) is 0 Å². The summed E-state index contributed by atoms with van der Waals surface area (Å²) in [6.45, 7) is 5.04. The molecular weight excluding hydrogens is 246 g/mol. The Bertz CT molecular complexity index is 355. The zero-order valence-corrected chi connectivity index (χ0v) is 11.6. The topological polar surface area (TPSA) is 92.5 Å². The van der Waals surface area contributed by atoms with Crippen LogP contribution in [-0.4, -0.2) is 42.3 Å². The number of likely N-dealkylation sites (tertiary alicyclic amines) is 1. The Morgan fingerprint density at radius 3 is 2.63 bits per heavy atom.